The third-order valence-corrected chi connectivity index (χ3v) is 5.48. The Kier molecular flexibility index (Phi) is 6.41. The van der Waals surface area contributed by atoms with Crippen LogP contribution in [0.15, 0.2) is 53.5 Å². The zero-order valence-electron chi connectivity index (χ0n) is 17.3. The van der Waals surface area contributed by atoms with Gasteiger partial charge in [-0.15, -0.1) is 0 Å². The van der Waals surface area contributed by atoms with Gasteiger partial charge in [-0.2, -0.15) is 0 Å². The number of nitrogens with one attached hydrogen (secondary N) is 1. The van der Waals surface area contributed by atoms with Gasteiger partial charge in [-0.3, -0.25) is 9.59 Å². The van der Waals surface area contributed by atoms with Gasteiger partial charge in [0.25, 0.3) is 0 Å². The molecule has 0 spiro atoms. The molecule has 0 aliphatic carbocycles. The highest BCUT2D eigenvalue weighted by atomic mass is 19.1. The molecule has 5 nitrogen and oxygen atoms in total. The number of alkyl halides is 1. The number of aryl methyl sites for hydroxylation is 1. The van der Waals surface area contributed by atoms with E-state index in [-0.39, 0.29) is 28.7 Å². The van der Waals surface area contributed by atoms with Crippen molar-refractivity contribution in [2.24, 2.45) is 0 Å². The van der Waals surface area contributed by atoms with E-state index in [2.05, 4.69) is 5.32 Å². The van der Waals surface area contributed by atoms with Crippen molar-refractivity contribution in [3.8, 4) is 0 Å². The van der Waals surface area contributed by atoms with Crippen molar-refractivity contribution in [3.63, 3.8) is 0 Å². The second kappa shape index (κ2) is 9.40. The fourth-order valence-corrected chi connectivity index (χ4v) is 3.92. The number of piperazine rings is 1. The Hall–Kier alpha value is -3.39. The standard InChI is InChI=1S/C24H22F3N3O2/c25-8-11-30-15-18(20(31)7-6-16-4-2-1-3-5-16)24(32)17-14-19(26)23(21(27)22(17)30)29-12-9-28-10-13-29/h1-7,14-15,28H,8-13H2. The third-order valence-electron chi connectivity index (χ3n) is 5.48. The van der Waals surface area contributed by atoms with Crippen molar-refractivity contribution in [1.82, 2.24) is 9.88 Å². The maximum absolute atomic E-state index is 15.5. The number of rotatable bonds is 6. The Morgan fingerprint density at radius 3 is 2.53 bits per heavy atom. The van der Waals surface area contributed by atoms with Crippen LogP contribution in [-0.2, 0) is 6.54 Å². The highest BCUT2D eigenvalue weighted by Gasteiger charge is 2.25. The summed E-state index contributed by atoms with van der Waals surface area (Å²) in [5, 5.41) is 2.82. The van der Waals surface area contributed by atoms with Gasteiger partial charge >= 0.3 is 0 Å². The zero-order valence-corrected chi connectivity index (χ0v) is 17.3. The lowest BCUT2D eigenvalue weighted by Gasteiger charge is -2.30. The average Bonchev–Trinajstić information content (AvgIpc) is 2.80. The fraction of sp³-hybridized carbons (Fsp3) is 0.250. The summed E-state index contributed by atoms with van der Waals surface area (Å²) in [7, 11) is 0. The molecule has 0 unspecified atom stereocenters. The van der Waals surface area contributed by atoms with E-state index in [0.29, 0.717) is 26.2 Å². The number of benzene rings is 2. The van der Waals surface area contributed by atoms with Gasteiger partial charge < -0.3 is 14.8 Å². The Balaban J connectivity index is 1.84. The number of carbonyl (C=O) groups excluding carboxylic acids is 1. The lowest BCUT2D eigenvalue weighted by molar-refractivity contribution is 0.104. The molecule has 0 atom stereocenters. The normalized spacial score (nSPS) is 14.4. The molecule has 8 heteroatoms. The lowest BCUT2D eigenvalue weighted by Crippen LogP contribution is -2.44. The summed E-state index contributed by atoms with van der Waals surface area (Å²) in [6.45, 7) is 0.806. The molecule has 1 saturated heterocycles. The number of carbonyl (C=O) groups is 1. The molecule has 2 heterocycles. The van der Waals surface area contributed by atoms with Crippen LogP contribution in [0.25, 0.3) is 17.0 Å². The van der Waals surface area contributed by atoms with E-state index >= 15 is 4.39 Å². The number of halogens is 3. The number of ketones is 1. The van der Waals surface area contributed by atoms with Gasteiger partial charge in [0.15, 0.2) is 11.6 Å². The molecule has 2 aromatic carbocycles. The molecule has 1 aliphatic rings. The smallest absolute Gasteiger partial charge is 0.200 e. The van der Waals surface area contributed by atoms with E-state index in [0.717, 1.165) is 17.8 Å². The molecule has 1 fully saturated rings. The molecule has 32 heavy (non-hydrogen) atoms. The topological polar surface area (TPSA) is 54.3 Å². The lowest BCUT2D eigenvalue weighted by atomic mass is 10.0. The molecule has 4 rings (SSSR count). The molecular formula is C24H22F3N3O2. The minimum atomic E-state index is -0.925. The first-order valence-electron chi connectivity index (χ1n) is 10.4. The number of hydrogen-bond acceptors (Lipinski definition) is 4. The number of hydrogen-bond donors (Lipinski definition) is 1. The van der Waals surface area contributed by atoms with Crippen LogP contribution in [0.4, 0.5) is 18.9 Å². The molecule has 3 aromatic rings. The minimum Gasteiger partial charge on any atom is -0.364 e. The van der Waals surface area contributed by atoms with E-state index in [4.69, 9.17) is 0 Å². The summed E-state index contributed by atoms with van der Waals surface area (Å²) in [6, 6.07) is 9.95. The second-order valence-corrected chi connectivity index (χ2v) is 7.52. The SMILES string of the molecule is O=C(C=Cc1ccccc1)c1cn(CCF)c2c(F)c(N3CCNCC3)c(F)cc2c1=O. The zero-order chi connectivity index (χ0) is 22.7. The number of anilines is 1. The van der Waals surface area contributed by atoms with Crippen LogP contribution in [0.2, 0.25) is 0 Å². The first-order chi connectivity index (χ1) is 15.5. The van der Waals surface area contributed by atoms with E-state index in [9.17, 15) is 18.4 Å². The summed E-state index contributed by atoms with van der Waals surface area (Å²) < 4.78 is 44.9. The van der Waals surface area contributed by atoms with E-state index < -0.39 is 29.5 Å². The van der Waals surface area contributed by atoms with Gasteiger partial charge in [0.2, 0.25) is 5.43 Å². The van der Waals surface area contributed by atoms with Gasteiger partial charge in [-0.25, -0.2) is 13.2 Å². The maximum Gasteiger partial charge on any atom is 0.200 e. The van der Waals surface area contributed by atoms with Crippen molar-refractivity contribution in [2.45, 2.75) is 6.54 Å². The van der Waals surface area contributed by atoms with Crippen molar-refractivity contribution < 1.29 is 18.0 Å². The Morgan fingerprint density at radius 2 is 1.84 bits per heavy atom. The first-order valence-corrected chi connectivity index (χ1v) is 10.4. The quantitative estimate of drug-likeness (QED) is 0.470. The van der Waals surface area contributed by atoms with Crippen LogP contribution in [0.3, 0.4) is 0 Å². The number of aromatic nitrogens is 1. The summed E-state index contributed by atoms with van der Waals surface area (Å²) in [4.78, 5) is 27.3. The van der Waals surface area contributed by atoms with Crippen molar-refractivity contribution >= 4 is 28.4 Å². The summed E-state index contributed by atoms with van der Waals surface area (Å²) in [5.74, 6) is -2.43. The third kappa shape index (κ3) is 4.18. The van der Waals surface area contributed by atoms with Gasteiger partial charge in [-0.05, 0) is 17.7 Å². The predicted molar refractivity (Wildman–Crippen MR) is 119 cm³/mol. The molecule has 0 bridgehead atoms. The highest BCUT2D eigenvalue weighted by molar-refractivity contribution is 6.08. The van der Waals surface area contributed by atoms with Gasteiger partial charge in [0, 0.05) is 32.4 Å². The molecule has 1 N–H and O–H groups in total. The number of nitrogens with zero attached hydrogens (tertiary/aromatic N) is 2. The largest absolute Gasteiger partial charge is 0.364 e. The van der Waals surface area contributed by atoms with Crippen molar-refractivity contribution in [3.05, 3.63) is 81.7 Å². The number of fused-ring (bicyclic) bond motifs is 1. The number of allylic oxidation sites excluding steroid dienone is 1. The first kappa shape index (κ1) is 21.8. The Bertz CT molecular complexity index is 1230. The van der Waals surface area contributed by atoms with Crippen LogP contribution >= 0.6 is 0 Å². The highest BCUT2D eigenvalue weighted by Crippen LogP contribution is 2.30. The molecular weight excluding hydrogens is 419 g/mol. The summed E-state index contributed by atoms with van der Waals surface area (Å²) in [6.07, 6.45) is 3.92. The molecule has 0 amide bonds. The monoisotopic (exact) mass is 441 g/mol. The Morgan fingerprint density at radius 1 is 1.12 bits per heavy atom. The van der Waals surface area contributed by atoms with Crippen LogP contribution in [0.1, 0.15) is 15.9 Å². The molecule has 0 radical (unpaired) electrons. The van der Waals surface area contributed by atoms with Gasteiger partial charge in [-0.1, -0.05) is 36.4 Å². The van der Waals surface area contributed by atoms with Crippen LogP contribution in [0.5, 0.6) is 0 Å². The fourth-order valence-electron chi connectivity index (χ4n) is 3.92. The molecule has 1 aliphatic heterocycles. The van der Waals surface area contributed by atoms with Crippen molar-refractivity contribution in [2.75, 3.05) is 37.8 Å². The van der Waals surface area contributed by atoms with E-state index in [1.807, 2.05) is 6.07 Å². The van der Waals surface area contributed by atoms with Gasteiger partial charge in [0.05, 0.1) is 23.0 Å². The average molecular weight is 441 g/mol. The van der Waals surface area contributed by atoms with Gasteiger partial charge in [0.1, 0.15) is 18.2 Å². The number of pyridine rings is 1. The van der Waals surface area contributed by atoms with Crippen LogP contribution < -0.4 is 15.6 Å². The van der Waals surface area contributed by atoms with Crippen molar-refractivity contribution in [1.29, 1.82) is 0 Å². The second-order valence-electron chi connectivity index (χ2n) is 7.52. The molecule has 166 valence electrons. The van der Waals surface area contributed by atoms with Crippen LogP contribution in [-0.4, -0.2) is 43.2 Å². The predicted octanol–water partition coefficient (Wildman–Crippen LogP) is 3.55. The molecule has 1 aromatic heterocycles. The maximum atomic E-state index is 15.5. The summed E-state index contributed by atoms with van der Waals surface area (Å²) >= 11 is 0. The van der Waals surface area contributed by atoms with E-state index in [1.54, 1.807) is 35.2 Å². The minimum absolute atomic E-state index is 0.203. The molecule has 0 saturated carbocycles. The van der Waals surface area contributed by atoms with Crippen LogP contribution in [0, 0.1) is 11.6 Å². The Labute approximate surface area is 182 Å². The summed E-state index contributed by atoms with van der Waals surface area (Å²) in [5.41, 5.74) is -0.752. The van der Waals surface area contributed by atoms with E-state index in [1.165, 1.54) is 10.6 Å².